The molecule has 1 aromatic rings. The van der Waals surface area contributed by atoms with E-state index in [-0.39, 0.29) is 18.5 Å². The highest BCUT2D eigenvalue weighted by Crippen LogP contribution is 2.34. The summed E-state index contributed by atoms with van der Waals surface area (Å²) in [4.78, 5) is 18.2. The van der Waals surface area contributed by atoms with Crippen LogP contribution in [0.3, 0.4) is 0 Å². The molecule has 1 aromatic heterocycles. The lowest BCUT2D eigenvalue weighted by molar-refractivity contribution is -0.189. The van der Waals surface area contributed by atoms with Crippen LogP contribution in [-0.2, 0) is 16.0 Å². The molecular weight excluding hydrogens is 288 g/mol. The first-order valence-electron chi connectivity index (χ1n) is 7.67. The van der Waals surface area contributed by atoms with Gasteiger partial charge in [-0.3, -0.25) is 0 Å². The maximum atomic E-state index is 12.3. The van der Waals surface area contributed by atoms with Crippen LogP contribution in [0, 0.1) is 12.8 Å². The van der Waals surface area contributed by atoms with Crippen molar-refractivity contribution in [3.8, 4) is 0 Å². The molecule has 1 N–H and O–H groups in total. The van der Waals surface area contributed by atoms with Gasteiger partial charge in [0.15, 0.2) is 11.6 Å². The lowest BCUT2D eigenvalue weighted by atomic mass is 9.90. The first-order chi connectivity index (χ1) is 10.6. The summed E-state index contributed by atoms with van der Waals surface area (Å²) in [5.74, 6) is 0.599. The topological polar surface area (TPSA) is 89.7 Å². The molecule has 2 aliphatic rings. The lowest BCUT2D eigenvalue weighted by Crippen LogP contribution is -2.51. The van der Waals surface area contributed by atoms with Gasteiger partial charge in [0.2, 0.25) is 5.89 Å². The highest BCUT2D eigenvalue weighted by atomic mass is 16.7. The number of urea groups is 1. The quantitative estimate of drug-likeness (QED) is 0.898. The van der Waals surface area contributed by atoms with E-state index in [2.05, 4.69) is 15.5 Å². The molecule has 3 heterocycles. The highest BCUT2D eigenvalue weighted by molar-refractivity contribution is 5.74. The van der Waals surface area contributed by atoms with E-state index in [0.717, 1.165) is 19.4 Å². The third kappa shape index (κ3) is 3.22. The van der Waals surface area contributed by atoms with Crippen molar-refractivity contribution in [3.05, 3.63) is 11.7 Å². The monoisotopic (exact) mass is 310 g/mol. The van der Waals surface area contributed by atoms with E-state index in [1.54, 1.807) is 11.8 Å². The van der Waals surface area contributed by atoms with Gasteiger partial charge < -0.3 is 24.2 Å². The number of piperidine rings is 1. The minimum absolute atomic E-state index is 0.123. The Labute approximate surface area is 129 Å². The average molecular weight is 310 g/mol. The Morgan fingerprint density at radius 1 is 1.45 bits per heavy atom. The van der Waals surface area contributed by atoms with Gasteiger partial charge in [0.25, 0.3) is 0 Å². The van der Waals surface area contributed by atoms with E-state index < -0.39 is 5.79 Å². The van der Waals surface area contributed by atoms with Gasteiger partial charge in [0.1, 0.15) is 0 Å². The first-order valence-corrected chi connectivity index (χ1v) is 7.67. The second-order valence-electron chi connectivity index (χ2n) is 5.89. The van der Waals surface area contributed by atoms with Gasteiger partial charge in [-0.25, -0.2) is 4.79 Å². The van der Waals surface area contributed by atoms with Crippen molar-refractivity contribution in [3.63, 3.8) is 0 Å². The standard InChI is InChI=1S/C14H22N4O4/c1-10-16-12(22-17-10)8-15-13(19)18-5-3-4-11(9-18)14(2)20-6-7-21-14/h11H,3-9H2,1-2H3,(H,15,19). The Morgan fingerprint density at radius 3 is 2.91 bits per heavy atom. The molecule has 0 radical (unpaired) electrons. The minimum Gasteiger partial charge on any atom is -0.347 e. The summed E-state index contributed by atoms with van der Waals surface area (Å²) in [6.45, 7) is 6.56. The molecule has 2 saturated heterocycles. The van der Waals surface area contributed by atoms with E-state index in [1.165, 1.54) is 0 Å². The SMILES string of the molecule is Cc1noc(CNC(=O)N2CCCC(C3(C)OCCO3)C2)n1. The Bertz CT molecular complexity index is 527. The smallest absolute Gasteiger partial charge is 0.317 e. The number of aryl methyl sites for hydroxylation is 1. The molecule has 8 nitrogen and oxygen atoms in total. The molecule has 122 valence electrons. The summed E-state index contributed by atoms with van der Waals surface area (Å²) in [5.41, 5.74) is 0. The van der Waals surface area contributed by atoms with E-state index in [9.17, 15) is 4.79 Å². The number of nitrogens with zero attached hydrogens (tertiary/aromatic N) is 3. The second kappa shape index (κ2) is 6.21. The molecule has 2 aliphatic heterocycles. The van der Waals surface area contributed by atoms with Gasteiger partial charge >= 0.3 is 6.03 Å². The molecule has 2 fully saturated rings. The molecule has 1 unspecified atom stereocenters. The van der Waals surface area contributed by atoms with Crippen LogP contribution in [0.4, 0.5) is 4.79 Å². The molecule has 0 aliphatic carbocycles. The summed E-state index contributed by atoms with van der Waals surface area (Å²) in [5, 5.41) is 6.51. The average Bonchev–Trinajstić information content (AvgIpc) is 3.14. The number of carbonyl (C=O) groups excluding carboxylic acids is 1. The van der Waals surface area contributed by atoms with E-state index in [1.807, 2.05) is 6.92 Å². The Hall–Kier alpha value is -1.67. The van der Waals surface area contributed by atoms with E-state index in [0.29, 0.717) is 31.5 Å². The van der Waals surface area contributed by atoms with Gasteiger partial charge in [-0.1, -0.05) is 5.16 Å². The second-order valence-corrected chi connectivity index (χ2v) is 5.89. The highest BCUT2D eigenvalue weighted by Gasteiger charge is 2.42. The molecule has 3 rings (SSSR count). The van der Waals surface area contributed by atoms with Crippen LogP contribution in [-0.4, -0.2) is 53.2 Å². The van der Waals surface area contributed by atoms with Gasteiger partial charge in [-0.15, -0.1) is 0 Å². The van der Waals surface area contributed by atoms with Crippen LogP contribution in [0.15, 0.2) is 4.52 Å². The van der Waals surface area contributed by atoms with Crippen LogP contribution in [0.5, 0.6) is 0 Å². The Morgan fingerprint density at radius 2 is 2.23 bits per heavy atom. The Balaban J connectivity index is 1.53. The predicted octanol–water partition coefficient (Wildman–Crippen LogP) is 1.06. The summed E-state index contributed by atoms with van der Waals surface area (Å²) in [6.07, 6.45) is 1.95. The zero-order valence-electron chi connectivity index (χ0n) is 13.0. The molecule has 22 heavy (non-hydrogen) atoms. The van der Waals surface area contributed by atoms with Gasteiger partial charge in [-0.05, 0) is 26.7 Å². The van der Waals surface area contributed by atoms with Crippen molar-refractivity contribution >= 4 is 6.03 Å². The lowest BCUT2D eigenvalue weighted by Gasteiger charge is -2.39. The van der Waals surface area contributed by atoms with Crippen molar-refractivity contribution in [2.45, 2.75) is 39.0 Å². The molecule has 1 atom stereocenters. The maximum Gasteiger partial charge on any atom is 0.317 e. The van der Waals surface area contributed by atoms with Crippen LogP contribution in [0.2, 0.25) is 0 Å². The van der Waals surface area contributed by atoms with Crippen molar-refractivity contribution in [1.82, 2.24) is 20.4 Å². The molecule has 2 amide bonds. The molecule has 8 heteroatoms. The number of ether oxygens (including phenoxy) is 2. The summed E-state index contributed by atoms with van der Waals surface area (Å²) >= 11 is 0. The number of likely N-dealkylation sites (tertiary alicyclic amines) is 1. The number of amides is 2. The third-order valence-corrected chi connectivity index (χ3v) is 4.27. The van der Waals surface area contributed by atoms with Gasteiger partial charge in [-0.2, -0.15) is 4.98 Å². The van der Waals surface area contributed by atoms with Crippen molar-refractivity contribution in [2.75, 3.05) is 26.3 Å². The number of hydrogen-bond acceptors (Lipinski definition) is 6. The number of nitrogens with one attached hydrogen (secondary N) is 1. The van der Waals surface area contributed by atoms with Crippen LogP contribution >= 0.6 is 0 Å². The van der Waals surface area contributed by atoms with Crippen molar-refractivity contribution in [1.29, 1.82) is 0 Å². The predicted molar refractivity (Wildman–Crippen MR) is 75.9 cm³/mol. The molecule has 0 bridgehead atoms. The number of aromatic nitrogens is 2. The first kappa shape index (κ1) is 15.2. The van der Waals surface area contributed by atoms with Gasteiger partial charge in [0.05, 0.1) is 19.8 Å². The van der Waals surface area contributed by atoms with Crippen LogP contribution in [0.1, 0.15) is 31.5 Å². The van der Waals surface area contributed by atoms with Gasteiger partial charge in [0, 0.05) is 19.0 Å². The van der Waals surface area contributed by atoms with Crippen molar-refractivity contribution in [2.24, 2.45) is 5.92 Å². The normalized spacial score (nSPS) is 24.5. The summed E-state index contributed by atoms with van der Waals surface area (Å²) in [7, 11) is 0. The molecule has 0 saturated carbocycles. The van der Waals surface area contributed by atoms with E-state index in [4.69, 9.17) is 14.0 Å². The minimum atomic E-state index is -0.567. The zero-order chi connectivity index (χ0) is 15.6. The fourth-order valence-corrected chi connectivity index (χ4v) is 3.03. The van der Waals surface area contributed by atoms with E-state index >= 15 is 0 Å². The fourth-order valence-electron chi connectivity index (χ4n) is 3.03. The Kier molecular flexibility index (Phi) is 4.30. The molecular formula is C14H22N4O4. The number of carbonyl (C=O) groups is 1. The van der Waals surface area contributed by atoms with Crippen LogP contribution in [0.25, 0.3) is 0 Å². The van der Waals surface area contributed by atoms with Crippen LogP contribution < -0.4 is 5.32 Å². The largest absolute Gasteiger partial charge is 0.347 e. The third-order valence-electron chi connectivity index (χ3n) is 4.27. The summed E-state index contributed by atoms with van der Waals surface area (Å²) < 4.78 is 16.4. The zero-order valence-corrected chi connectivity index (χ0v) is 13.0. The van der Waals surface area contributed by atoms with Crippen molar-refractivity contribution < 1.29 is 18.8 Å². The number of hydrogen-bond donors (Lipinski definition) is 1. The number of rotatable bonds is 3. The summed E-state index contributed by atoms with van der Waals surface area (Å²) in [6, 6.07) is -0.123. The fraction of sp³-hybridized carbons (Fsp3) is 0.786. The molecule has 0 spiro atoms. The maximum absolute atomic E-state index is 12.3. The molecule has 0 aromatic carbocycles.